The summed E-state index contributed by atoms with van der Waals surface area (Å²) in [7, 11) is 2.97. The highest BCUT2D eigenvalue weighted by atomic mass is 16.5. The number of imide groups is 1. The first-order valence-corrected chi connectivity index (χ1v) is 12.5. The fraction of sp³-hybridized carbons (Fsp3) is 0.429. The number of amides is 3. The molecule has 2 aliphatic carbocycles. The Kier molecular flexibility index (Phi) is 6.86. The van der Waals surface area contributed by atoms with Crippen LogP contribution in [0.3, 0.4) is 0 Å². The standard InChI is InChI=1S/C28H30N2O7/c1-35-19-10-11-22(36-2)20(14-19)29-23(31)15-37-28(34)21(12-16-6-4-3-5-7-16)30-26(32)24-17-8-9-18(13-17)25(24)27(30)33/h3-7,10-11,14,17-18,21,24-25H,8-9,12-13,15H2,1-2H3,(H,29,31)/t17-,18-,21-,24-,25-/m0/s1. The topological polar surface area (TPSA) is 111 Å². The van der Waals surface area contributed by atoms with Gasteiger partial charge in [-0.3, -0.25) is 19.3 Å². The third-order valence-corrected chi connectivity index (χ3v) is 7.84. The van der Waals surface area contributed by atoms with E-state index >= 15 is 0 Å². The molecule has 5 rings (SSSR count). The van der Waals surface area contributed by atoms with Gasteiger partial charge in [-0.15, -0.1) is 0 Å². The summed E-state index contributed by atoms with van der Waals surface area (Å²) in [6.45, 7) is -0.585. The van der Waals surface area contributed by atoms with Crippen molar-refractivity contribution in [2.45, 2.75) is 31.7 Å². The molecule has 3 aliphatic rings. The monoisotopic (exact) mass is 506 g/mol. The number of anilines is 1. The molecule has 2 bridgehead atoms. The second-order valence-electron chi connectivity index (χ2n) is 9.86. The molecule has 2 saturated carbocycles. The Bertz CT molecular complexity index is 1190. The third-order valence-electron chi connectivity index (χ3n) is 7.84. The van der Waals surface area contributed by atoms with E-state index in [-0.39, 0.29) is 41.9 Å². The molecule has 1 heterocycles. The number of hydrogen-bond donors (Lipinski definition) is 1. The average molecular weight is 507 g/mol. The lowest BCUT2D eigenvalue weighted by molar-refractivity contribution is -0.160. The second-order valence-corrected chi connectivity index (χ2v) is 9.86. The first-order chi connectivity index (χ1) is 17.9. The number of methoxy groups -OCH3 is 2. The molecular weight excluding hydrogens is 476 g/mol. The molecule has 1 saturated heterocycles. The molecule has 37 heavy (non-hydrogen) atoms. The Morgan fingerprint density at radius 2 is 1.65 bits per heavy atom. The van der Waals surface area contributed by atoms with Gasteiger partial charge in [0.05, 0.1) is 31.7 Å². The van der Waals surface area contributed by atoms with Crippen molar-refractivity contribution >= 4 is 29.4 Å². The summed E-state index contributed by atoms with van der Waals surface area (Å²) < 4.78 is 15.8. The van der Waals surface area contributed by atoms with Gasteiger partial charge < -0.3 is 19.5 Å². The number of ether oxygens (including phenoxy) is 3. The van der Waals surface area contributed by atoms with E-state index in [9.17, 15) is 19.2 Å². The second kappa shape index (κ2) is 10.2. The van der Waals surface area contributed by atoms with Crippen LogP contribution in [-0.2, 0) is 30.3 Å². The molecule has 9 heteroatoms. The fourth-order valence-electron chi connectivity index (χ4n) is 6.19. The zero-order valence-electron chi connectivity index (χ0n) is 20.8. The number of benzene rings is 2. The number of nitrogens with zero attached hydrogens (tertiary/aromatic N) is 1. The van der Waals surface area contributed by atoms with Crippen molar-refractivity contribution in [2.24, 2.45) is 23.7 Å². The van der Waals surface area contributed by atoms with E-state index in [2.05, 4.69) is 5.32 Å². The van der Waals surface area contributed by atoms with E-state index in [0.29, 0.717) is 17.2 Å². The highest BCUT2D eigenvalue weighted by molar-refractivity contribution is 6.08. The van der Waals surface area contributed by atoms with Gasteiger partial charge in [-0.2, -0.15) is 0 Å². The predicted molar refractivity (Wildman–Crippen MR) is 133 cm³/mol. The Morgan fingerprint density at radius 3 is 2.27 bits per heavy atom. The third kappa shape index (κ3) is 4.65. The van der Waals surface area contributed by atoms with Crippen molar-refractivity contribution in [2.75, 3.05) is 26.1 Å². The quantitative estimate of drug-likeness (QED) is 0.411. The number of fused-ring (bicyclic) bond motifs is 5. The summed E-state index contributed by atoms with van der Waals surface area (Å²) >= 11 is 0. The van der Waals surface area contributed by atoms with Gasteiger partial charge in [0.25, 0.3) is 5.91 Å². The molecular formula is C28H30N2O7. The number of nitrogens with one attached hydrogen (secondary N) is 1. The number of carbonyl (C=O) groups is 4. The maximum Gasteiger partial charge on any atom is 0.330 e. The maximum atomic E-state index is 13.4. The van der Waals surface area contributed by atoms with Crippen LogP contribution in [0, 0.1) is 23.7 Å². The van der Waals surface area contributed by atoms with Crippen LogP contribution in [0.1, 0.15) is 24.8 Å². The summed E-state index contributed by atoms with van der Waals surface area (Å²) in [6.07, 6.45) is 2.92. The number of likely N-dealkylation sites (tertiary alicyclic amines) is 1. The maximum absolute atomic E-state index is 13.4. The van der Waals surface area contributed by atoms with Gasteiger partial charge in [0.15, 0.2) is 6.61 Å². The van der Waals surface area contributed by atoms with Gasteiger partial charge in [0, 0.05) is 12.5 Å². The molecule has 3 amide bonds. The molecule has 1 aliphatic heterocycles. The summed E-state index contributed by atoms with van der Waals surface area (Å²) in [6, 6.07) is 13.0. The normalized spacial score (nSPS) is 24.5. The number of carbonyl (C=O) groups excluding carboxylic acids is 4. The van der Waals surface area contributed by atoms with Crippen LogP contribution >= 0.6 is 0 Å². The Hall–Kier alpha value is -3.88. The van der Waals surface area contributed by atoms with Gasteiger partial charge in [0.2, 0.25) is 11.8 Å². The lowest BCUT2D eigenvalue weighted by atomic mass is 9.81. The molecule has 9 nitrogen and oxygen atoms in total. The summed E-state index contributed by atoms with van der Waals surface area (Å²) in [5, 5.41) is 2.65. The van der Waals surface area contributed by atoms with Crippen LogP contribution in [0.15, 0.2) is 48.5 Å². The molecule has 0 aromatic heterocycles. The van der Waals surface area contributed by atoms with Gasteiger partial charge in [-0.25, -0.2) is 4.79 Å². The van der Waals surface area contributed by atoms with Crippen LogP contribution in [0.2, 0.25) is 0 Å². The first kappa shape index (κ1) is 24.8. The molecule has 5 atom stereocenters. The Labute approximate surface area is 215 Å². The predicted octanol–water partition coefficient (Wildman–Crippen LogP) is 2.83. The fourth-order valence-corrected chi connectivity index (χ4v) is 6.19. The van der Waals surface area contributed by atoms with Crippen LogP contribution in [0.5, 0.6) is 11.5 Å². The SMILES string of the molecule is COc1ccc(OC)c(NC(=O)COC(=O)[C@H](Cc2ccccc2)N2C(=O)[C@H]3[C@H]4CC[C@@H](C4)[C@@H]3C2=O)c1. The van der Waals surface area contributed by atoms with Gasteiger partial charge in [-0.05, 0) is 48.8 Å². The lowest BCUT2D eigenvalue weighted by Gasteiger charge is -2.26. The van der Waals surface area contributed by atoms with Crippen molar-refractivity contribution in [3.8, 4) is 11.5 Å². The minimum absolute atomic E-state index is 0.122. The molecule has 1 N–H and O–H groups in total. The molecule has 0 spiro atoms. The average Bonchev–Trinajstić information content (AvgIpc) is 3.60. The van der Waals surface area contributed by atoms with Crippen LogP contribution in [0.25, 0.3) is 0 Å². The van der Waals surface area contributed by atoms with Crippen molar-refractivity contribution in [1.29, 1.82) is 0 Å². The van der Waals surface area contributed by atoms with Crippen LogP contribution < -0.4 is 14.8 Å². The van der Waals surface area contributed by atoms with E-state index in [1.807, 2.05) is 30.3 Å². The minimum Gasteiger partial charge on any atom is -0.497 e. The lowest BCUT2D eigenvalue weighted by Crippen LogP contribution is -2.48. The number of rotatable bonds is 9. The summed E-state index contributed by atoms with van der Waals surface area (Å²) in [5.74, 6) is -1.31. The highest BCUT2D eigenvalue weighted by Gasteiger charge is 2.62. The minimum atomic E-state index is -1.13. The first-order valence-electron chi connectivity index (χ1n) is 12.5. The smallest absolute Gasteiger partial charge is 0.330 e. The summed E-state index contributed by atoms with van der Waals surface area (Å²) in [4.78, 5) is 53.9. The van der Waals surface area contributed by atoms with Crippen molar-refractivity contribution in [3.05, 3.63) is 54.1 Å². The Balaban J connectivity index is 1.31. The summed E-state index contributed by atoms with van der Waals surface area (Å²) in [5.41, 5.74) is 1.15. The van der Waals surface area contributed by atoms with E-state index in [1.54, 1.807) is 18.2 Å². The molecule has 0 radical (unpaired) electrons. The van der Waals surface area contributed by atoms with Gasteiger partial charge in [0.1, 0.15) is 17.5 Å². The highest BCUT2D eigenvalue weighted by Crippen LogP contribution is 2.56. The van der Waals surface area contributed by atoms with Crippen molar-refractivity contribution < 1.29 is 33.4 Å². The van der Waals surface area contributed by atoms with Crippen molar-refractivity contribution in [1.82, 2.24) is 4.90 Å². The largest absolute Gasteiger partial charge is 0.497 e. The van der Waals surface area contributed by atoms with Gasteiger partial charge in [-0.1, -0.05) is 30.3 Å². The van der Waals surface area contributed by atoms with E-state index < -0.39 is 24.5 Å². The zero-order valence-corrected chi connectivity index (χ0v) is 20.8. The Morgan fingerprint density at radius 1 is 0.973 bits per heavy atom. The number of hydrogen-bond acceptors (Lipinski definition) is 7. The van der Waals surface area contributed by atoms with E-state index in [4.69, 9.17) is 14.2 Å². The number of esters is 1. The van der Waals surface area contributed by atoms with E-state index in [0.717, 1.165) is 29.7 Å². The zero-order chi connectivity index (χ0) is 26.1. The molecule has 194 valence electrons. The van der Waals surface area contributed by atoms with Crippen LogP contribution in [-0.4, -0.2) is 55.5 Å². The van der Waals surface area contributed by atoms with Gasteiger partial charge >= 0.3 is 5.97 Å². The molecule has 2 aromatic rings. The molecule has 0 unspecified atom stereocenters. The van der Waals surface area contributed by atoms with E-state index in [1.165, 1.54) is 14.2 Å². The molecule has 3 fully saturated rings. The van der Waals surface area contributed by atoms with Crippen molar-refractivity contribution in [3.63, 3.8) is 0 Å². The molecule has 2 aromatic carbocycles. The van der Waals surface area contributed by atoms with Crippen LogP contribution in [0.4, 0.5) is 5.69 Å².